The molecule has 2 bridgehead atoms. The van der Waals surface area contributed by atoms with Gasteiger partial charge in [0.2, 0.25) is 0 Å². The number of fused-ring (bicyclic) bond motifs is 8. The molecule has 1 unspecified atom stereocenters. The zero-order valence-electron chi connectivity index (χ0n) is 38.1. The Balaban J connectivity index is 1.27. The van der Waals surface area contributed by atoms with Crippen molar-refractivity contribution in [3.05, 3.63) is 71.2 Å². The van der Waals surface area contributed by atoms with Gasteiger partial charge in [-0.25, -0.2) is 14.4 Å². The van der Waals surface area contributed by atoms with Crippen molar-refractivity contribution in [2.75, 3.05) is 39.5 Å². The lowest BCUT2D eigenvalue weighted by Gasteiger charge is -2.68. The van der Waals surface area contributed by atoms with E-state index in [1.54, 1.807) is 78.8 Å². The molecule has 0 spiro atoms. The van der Waals surface area contributed by atoms with Crippen LogP contribution in [0.1, 0.15) is 90.4 Å². The summed E-state index contributed by atoms with van der Waals surface area (Å²) in [6.45, 7) is 15.7. The maximum atomic E-state index is 14.5. The molecule has 65 heavy (non-hydrogen) atoms. The standard InChI is InChI=1S/C47H62N2O16/c1-25-29(60-41(54)35(52)34(28-15-12-18-58-28)48-42(55)65-43(3,4)5)22-47(56)39(63-40(53)27-13-10-9-11-14-27)37-45(8,30(51)21-31-46(37,24-59-31)64-26(2)50)38-36(33(25)44(47,6)7)61-32(62-38)23-49-16-19-57-20-17-49/h9-15,18,29-32,34-39,51-52,56H,16-17,19-24H2,1-8H3,(H,48,55)/t29-,30-,31+,32?,34-,35+,36+,37-,38+,39-,45+,46-,47+/m0/s1. The number of aliphatic hydroxyl groups is 3. The quantitative estimate of drug-likeness (QED) is 0.152. The predicted molar refractivity (Wildman–Crippen MR) is 226 cm³/mol. The molecule has 13 atom stereocenters. The minimum atomic E-state index is -2.20. The number of aliphatic hydroxyl groups excluding tert-OH is 2. The monoisotopic (exact) mass is 910 g/mol. The lowest BCUT2D eigenvalue weighted by Crippen LogP contribution is -2.82. The number of hydrogen-bond donors (Lipinski definition) is 4. The first-order chi connectivity index (χ1) is 30.6. The fourth-order valence-corrected chi connectivity index (χ4v) is 11.3. The summed E-state index contributed by atoms with van der Waals surface area (Å²) in [4.78, 5) is 57.3. The smallest absolute Gasteiger partial charge is 0.408 e. The number of ether oxygens (including phenoxy) is 8. The number of nitrogens with zero attached hydrogens (tertiary/aromatic N) is 1. The van der Waals surface area contributed by atoms with Gasteiger partial charge in [0.1, 0.15) is 47.4 Å². The van der Waals surface area contributed by atoms with E-state index < -0.39 is 119 Å². The van der Waals surface area contributed by atoms with Gasteiger partial charge in [-0.1, -0.05) is 39.0 Å². The van der Waals surface area contributed by atoms with Gasteiger partial charge < -0.3 is 62.9 Å². The Kier molecular flexibility index (Phi) is 12.6. The normalized spacial score (nSPS) is 36.2. The van der Waals surface area contributed by atoms with Crippen LogP contribution >= 0.6 is 0 Å². The van der Waals surface area contributed by atoms with Crippen LogP contribution in [0.4, 0.5) is 4.79 Å². The summed E-state index contributed by atoms with van der Waals surface area (Å²) in [5, 5.41) is 40.7. The van der Waals surface area contributed by atoms with Crippen LogP contribution in [0.2, 0.25) is 0 Å². The van der Waals surface area contributed by atoms with Crippen molar-refractivity contribution in [1.82, 2.24) is 10.2 Å². The molecule has 1 amide bonds. The number of amides is 1. The first kappa shape index (κ1) is 47.1. The third-order valence-electron chi connectivity index (χ3n) is 14.5. The Morgan fingerprint density at radius 3 is 2.32 bits per heavy atom. The van der Waals surface area contributed by atoms with Crippen LogP contribution in [0.15, 0.2) is 64.3 Å². The molecule has 6 aliphatic rings. The Morgan fingerprint density at radius 1 is 1.00 bits per heavy atom. The Bertz CT molecular complexity index is 2130. The van der Waals surface area contributed by atoms with Crippen molar-refractivity contribution >= 4 is 24.0 Å². The van der Waals surface area contributed by atoms with E-state index in [1.165, 1.54) is 25.3 Å². The Hall–Kier alpha value is -4.40. The molecule has 356 valence electrons. The van der Waals surface area contributed by atoms with Crippen LogP contribution in [-0.2, 0) is 47.5 Å². The molecule has 3 aliphatic heterocycles. The number of morpholine rings is 1. The first-order valence-electron chi connectivity index (χ1n) is 22.3. The lowest BCUT2D eigenvalue weighted by molar-refractivity contribution is -0.362. The summed E-state index contributed by atoms with van der Waals surface area (Å²) in [5.74, 6) is -3.84. The third-order valence-corrected chi connectivity index (χ3v) is 14.5. The van der Waals surface area contributed by atoms with Crippen LogP contribution in [0, 0.1) is 16.7 Å². The predicted octanol–water partition coefficient (Wildman–Crippen LogP) is 3.36. The van der Waals surface area contributed by atoms with E-state index in [0.29, 0.717) is 44.0 Å². The molecule has 2 aromatic rings. The van der Waals surface area contributed by atoms with Crippen molar-refractivity contribution in [2.45, 2.75) is 140 Å². The average molecular weight is 911 g/mol. The highest BCUT2D eigenvalue weighted by molar-refractivity contribution is 5.89. The number of hydrogen-bond acceptors (Lipinski definition) is 17. The number of alkyl carbamates (subject to hydrolysis) is 1. The molecule has 3 saturated heterocycles. The molecule has 4 heterocycles. The van der Waals surface area contributed by atoms with Crippen LogP contribution in [0.25, 0.3) is 0 Å². The van der Waals surface area contributed by atoms with Crippen molar-refractivity contribution in [3.63, 3.8) is 0 Å². The second kappa shape index (κ2) is 17.4. The van der Waals surface area contributed by atoms with Gasteiger partial charge in [0, 0.05) is 50.2 Å². The molecule has 1 aromatic heterocycles. The topological polar surface area (TPSA) is 231 Å². The van der Waals surface area contributed by atoms with Gasteiger partial charge in [0.25, 0.3) is 0 Å². The molecular formula is C47H62N2O16. The van der Waals surface area contributed by atoms with E-state index in [1.807, 2.05) is 0 Å². The highest BCUT2D eigenvalue weighted by atomic mass is 16.7. The fourth-order valence-electron chi connectivity index (χ4n) is 11.3. The Labute approximate surface area is 377 Å². The highest BCUT2D eigenvalue weighted by Crippen LogP contribution is 2.66. The molecule has 18 nitrogen and oxygen atoms in total. The van der Waals surface area contributed by atoms with Crippen molar-refractivity contribution < 1.29 is 76.8 Å². The summed E-state index contributed by atoms with van der Waals surface area (Å²) >= 11 is 0. The van der Waals surface area contributed by atoms with Gasteiger partial charge in [0.05, 0.1) is 49.8 Å². The van der Waals surface area contributed by atoms with Gasteiger partial charge in [-0.3, -0.25) is 9.69 Å². The fraction of sp³-hybridized carbons (Fsp3) is 0.660. The molecule has 4 N–H and O–H groups in total. The molecule has 8 rings (SSSR count). The zero-order valence-corrected chi connectivity index (χ0v) is 38.1. The second-order valence-corrected chi connectivity index (χ2v) is 20.0. The molecule has 1 aromatic carbocycles. The van der Waals surface area contributed by atoms with Crippen LogP contribution in [0.5, 0.6) is 0 Å². The van der Waals surface area contributed by atoms with E-state index in [-0.39, 0.29) is 24.4 Å². The third kappa shape index (κ3) is 8.27. The number of benzene rings is 1. The maximum absolute atomic E-state index is 14.5. The first-order valence-corrected chi connectivity index (χ1v) is 22.3. The van der Waals surface area contributed by atoms with Gasteiger partial charge >= 0.3 is 24.0 Å². The van der Waals surface area contributed by atoms with Crippen molar-refractivity contribution in [3.8, 4) is 0 Å². The summed E-state index contributed by atoms with van der Waals surface area (Å²) in [5.41, 5.74) is -6.45. The van der Waals surface area contributed by atoms with E-state index in [4.69, 9.17) is 42.3 Å². The SMILES string of the molecule is CC(=O)O[C@@]12CO[C@@H]1C[C@H](O)[C@@]1(C)[C@@H]3OC(CN4CCOCC4)O[C@@H]3C3=C(C)[C@@H](OC(=O)[C@H](O)[C@@H](NC(=O)OC(C)(C)C)c4ccco4)C[C@@](O)([C@@H](OC(=O)c4ccccc4)[C@H]21)C3(C)C. The number of esters is 3. The minimum absolute atomic E-state index is 0.0203. The largest absolute Gasteiger partial charge is 0.467 e. The van der Waals surface area contributed by atoms with E-state index in [0.717, 1.165) is 0 Å². The molecule has 3 aliphatic carbocycles. The summed E-state index contributed by atoms with van der Waals surface area (Å²) in [6.07, 6.45) is -10.0. The minimum Gasteiger partial charge on any atom is -0.467 e. The summed E-state index contributed by atoms with van der Waals surface area (Å²) in [6, 6.07) is 9.73. The number of carbonyl (C=O) groups is 4. The molecule has 0 radical (unpaired) electrons. The van der Waals surface area contributed by atoms with Crippen molar-refractivity contribution in [2.24, 2.45) is 16.7 Å². The van der Waals surface area contributed by atoms with Crippen LogP contribution < -0.4 is 5.32 Å². The number of nitrogens with one attached hydrogen (secondary N) is 1. The van der Waals surface area contributed by atoms with Gasteiger partial charge in [-0.2, -0.15) is 0 Å². The van der Waals surface area contributed by atoms with Gasteiger partial charge in [0.15, 0.2) is 18.0 Å². The average Bonchev–Trinajstić information content (AvgIpc) is 3.92. The molecular weight excluding hydrogens is 849 g/mol. The maximum Gasteiger partial charge on any atom is 0.408 e. The van der Waals surface area contributed by atoms with E-state index >= 15 is 0 Å². The number of carbonyl (C=O) groups excluding carboxylic acids is 4. The van der Waals surface area contributed by atoms with Gasteiger partial charge in [-0.05, 0) is 63.1 Å². The molecule has 5 fully saturated rings. The Morgan fingerprint density at radius 2 is 1.71 bits per heavy atom. The number of rotatable bonds is 10. The van der Waals surface area contributed by atoms with E-state index in [9.17, 15) is 34.5 Å². The molecule has 18 heteroatoms. The number of furan rings is 1. The highest BCUT2D eigenvalue weighted by Gasteiger charge is 2.79. The van der Waals surface area contributed by atoms with Crippen LogP contribution in [-0.4, -0.2) is 149 Å². The second-order valence-electron chi connectivity index (χ2n) is 20.0. The lowest BCUT2D eigenvalue weighted by atomic mass is 9.44. The summed E-state index contributed by atoms with van der Waals surface area (Å²) < 4.78 is 55.7. The molecule has 2 saturated carbocycles. The summed E-state index contributed by atoms with van der Waals surface area (Å²) in [7, 11) is 0. The van der Waals surface area contributed by atoms with Crippen LogP contribution in [0.3, 0.4) is 0 Å². The van der Waals surface area contributed by atoms with Gasteiger partial charge in [-0.15, -0.1) is 0 Å². The zero-order chi connectivity index (χ0) is 46.9. The van der Waals surface area contributed by atoms with Crippen molar-refractivity contribution in [1.29, 1.82) is 0 Å². The van der Waals surface area contributed by atoms with E-state index in [2.05, 4.69) is 10.2 Å².